The van der Waals surface area contributed by atoms with Gasteiger partial charge in [-0.25, -0.2) is 0 Å². The smallest absolute Gasteiger partial charge is 0.167 e. The van der Waals surface area contributed by atoms with Gasteiger partial charge in [0.15, 0.2) is 16.1 Å². The summed E-state index contributed by atoms with van der Waals surface area (Å²) >= 11 is 0. The van der Waals surface area contributed by atoms with Crippen LogP contribution in [0.3, 0.4) is 0 Å². The minimum atomic E-state index is -0.615. The van der Waals surface area contributed by atoms with Gasteiger partial charge in [0.25, 0.3) is 0 Å². The Labute approximate surface area is 118 Å². The van der Waals surface area contributed by atoms with Crippen LogP contribution in [0.15, 0.2) is 30.8 Å². The fourth-order valence-corrected chi connectivity index (χ4v) is 2.84. The molecule has 0 amide bonds. The molecule has 4 heteroatoms. The standard InChI is InChI=1S/C15H24O3Si/c1-4-13-8-7-9-14(10-13)11-18-19-12-15(16-5-2)17-6-3/h4,7-10,15H,1,5-6,11-12,19H2,2-3H3. The molecule has 0 fully saturated rings. The average molecular weight is 280 g/mol. The van der Waals surface area contributed by atoms with Crippen molar-refractivity contribution in [3.63, 3.8) is 0 Å². The van der Waals surface area contributed by atoms with Crippen LogP contribution in [0.1, 0.15) is 25.0 Å². The lowest BCUT2D eigenvalue weighted by atomic mass is 10.1. The Kier molecular flexibility index (Phi) is 8.41. The van der Waals surface area contributed by atoms with Crippen LogP contribution in [-0.2, 0) is 20.5 Å². The lowest BCUT2D eigenvalue weighted by Gasteiger charge is -2.16. The summed E-state index contributed by atoms with van der Waals surface area (Å²) in [5.74, 6) is 0. The summed E-state index contributed by atoms with van der Waals surface area (Å²) in [5, 5.41) is 0. The quantitative estimate of drug-likeness (QED) is 0.375. The zero-order valence-electron chi connectivity index (χ0n) is 11.9. The summed E-state index contributed by atoms with van der Waals surface area (Å²) in [6.45, 7) is 9.76. The minimum absolute atomic E-state index is 0.0961. The van der Waals surface area contributed by atoms with Crippen molar-refractivity contribution >= 4 is 15.8 Å². The highest BCUT2D eigenvalue weighted by Gasteiger charge is 2.07. The molecular formula is C15H24O3Si. The summed E-state index contributed by atoms with van der Waals surface area (Å²) in [6, 6.07) is 9.13. The number of rotatable bonds is 10. The van der Waals surface area contributed by atoms with E-state index in [1.165, 1.54) is 5.56 Å². The van der Waals surface area contributed by atoms with E-state index in [4.69, 9.17) is 13.9 Å². The molecule has 0 saturated carbocycles. The van der Waals surface area contributed by atoms with E-state index in [1.54, 1.807) is 0 Å². The molecule has 1 rings (SSSR count). The topological polar surface area (TPSA) is 27.7 Å². The Bertz CT molecular complexity index is 362. The highest BCUT2D eigenvalue weighted by molar-refractivity contribution is 6.27. The SMILES string of the molecule is C=Cc1cccc(CO[SiH2]CC(OCC)OCC)c1. The van der Waals surface area contributed by atoms with Crippen LogP contribution >= 0.6 is 0 Å². The Balaban J connectivity index is 2.26. The van der Waals surface area contributed by atoms with Crippen molar-refractivity contribution in [3.05, 3.63) is 42.0 Å². The molecule has 0 bridgehead atoms. The molecular weight excluding hydrogens is 256 g/mol. The first-order valence-corrected chi connectivity index (χ1v) is 8.40. The molecule has 0 saturated heterocycles. The molecule has 3 nitrogen and oxygen atoms in total. The number of hydrogen-bond donors (Lipinski definition) is 0. The minimum Gasteiger partial charge on any atom is -0.420 e. The van der Waals surface area contributed by atoms with Gasteiger partial charge in [0.1, 0.15) is 0 Å². The van der Waals surface area contributed by atoms with E-state index in [1.807, 2.05) is 32.1 Å². The molecule has 1 aromatic rings. The van der Waals surface area contributed by atoms with E-state index in [0.29, 0.717) is 19.8 Å². The van der Waals surface area contributed by atoms with Gasteiger partial charge in [0, 0.05) is 19.3 Å². The predicted molar refractivity (Wildman–Crippen MR) is 81.7 cm³/mol. The van der Waals surface area contributed by atoms with Gasteiger partial charge in [0.05, 0.1) is 6.61 Å². The van der Waals surface area contributed by atoms with Crippen LogP contribution in [0.25, 0.3) is 6.08 Å². The van der Waals surface area contributed by atoms with E-state index in [-0.39, 0.29) is 6.29 Å². The van der Waals surface area contributed by atoms with Gasteiger partial charge in [-0.2, -0.15) is 0 Å². The molecule has 1 aromatic carbocycles. The average Bonchev–Trinajstić information content (AvgIpc) is 2.44. The molecule has 0 aliphatic rings. The van der Waals surface area contributed by atoms with Gasteiger partial charge >= 0.3 is 0 Å². The van der Waals surface area contributed by atoms with Gasteiger partial charge in [-0.05, 0) is 31.0 Å². The van der Waals surface area contributed by atoms with Crippen molar-refractivity contribution in [2.24, 2.45) is 0 Å². The van der Waals surface area contributed by atoms with Crippen LogP contribution in [0.4, 0.5) is 0 Å². The molecule has 0 N–H and O–H groups in total. The Hall–Kier alpha value is -0.943. The molecule has 0 aromatic heterocycles. The van der Waals surface area contributed by atoms with E-state index < -0.39 is 9.76 Å². The van der Waals surface area contributed by atoms with Crippen molar-refractivity contribution in [2.45, 2.75) is 32.8 Å². The second-order valence-electron chi connectivity index (χ2n) is 4.13. The Morgan fingerprint density at radius 1 is 1.26 bits per heavy atom. The summed E-state index contributed by atoms with van der Waals surface area (Å²) in [7, 11) is -0.615. The van der Waals surface area contributed by atoms with Gasteiger partial charge in [-0.1, -0.05) is 30.9 Å². The summed E-state index contributed by atoms with van der Waals surface area (Å²) in [5.41, 5.74) is 2.32. The first kappa shape index (κ1) is 16.1. The number of benzene rings is 1. The normalized spacial score (nSPS) is 11.5. The van der Waals surface area contributed by atoms with Crippen LogP contribution in [-0.4, -0.2) is 29.3 Å². The molecule has 0 spiro atoms. The van der Waals surface area contributed by atoms with Gasteiger partial charge in [-0.15, -0.1) is 0 Å². The molecule has 0 aliphatic heterocycles. The Morgan fingerprint density at radius 3 is 2.63 bits per heavy atom. The molecule has 0 radical (unpaired) electrons. The first-order valence-electron chi connectivity index (χ1n) is 6.82. The lowest BCUT2D eigenvalue weighted by molar-refractivity contribution is -0.124. The third-order valence-electron chi connectivity index (χ3n) is 2.66. The van der Waals surface area contributed by atoms with E-state index in [0.717, 1.165) is 11.6 Å². The largest absolute Gasteiger partial charge is 0.420 e. The van der Waals surface area contributed by atoms with Gasteiger partial charge < -0.3 is 13.9 Å². The molecule has 106 valence electrons. The fourth-order valence-electron chi connectivity index (χ4n) is 1.77. The predicted octanol–water partition coefficient (Wildman–Crippen LogP) is 2.75. The van der Waals surface area contributed by atoms with E-state index in [9.17, 15) is 0 Å². The Morgan fingerprint density at radius 2 is 2.00 bits per heavy atom. The van der Waals surface area contributed by atoms with Crippen molar-refractivity contribution < 1.29 is 13.9 Å². The molecule has 0 atom stereocenters. The van der Waals surface area contributed by atoms with Crippen molar-refractivity contribution in [1.29, 1.82) is 0 Å². The van der Waals surface area contributed by atoms with Crippen molar-refractivity contribution in [3.8, 4) is 0 Å². The fraction of sp³-hybridized carbons (Fsp3) is 0.467. The monoisotopic (exact) mass is 280 g/mol. The lowest BCUT2D eigenvalue weighted by Crippen LogP contribution is -2.20. The van der Waals surface area contributed by atoms with Crippen LogP contribution in [0.5, 0.6) is 0 Å². The maximum Gasteiger partial charge on any atom is 0.167 e. The van der Waals surface area contributed by atoms with Crippen LogP contribution < -0.4 is 0 Å². The first-order chi connectivity index (χ1) is 9.30. The highest BCUT2D eigenvalue weighted by atomic mass is 28.2. The maximum atomic E-state index is 5.79. The third kappa shape index (κ3) is 6.68. The second-order valence-corrected chi connectivity index (χ2v) is 5.52. The van der Waals surface area contributed by atoms with Crippen LogP contribution in [0, 0.1) is 0 Å². The number of hydrogen-bond acceptors (Lipinski definition) is 3. The highest BCUT2D eigenvalue weighted by Crippen LogP contribution is 2.08. The number of ether oxygens (including phenoxy) is 2. The summed E-state index contributed by atoms with van der Waals surface area (Å²) in [4.78, 5) is 0. The van der Waals surface area contributed by atoms with Gasteiger partial charge in [-0.3, -0.25) is 0 Å². The second kappa shape index (κ2) is 9.92. The maximum absolute atomic E-state index is 5.79. The van der Waals surface area contributed by atoms with E-state index >= 15 is 0 Å². The zero-order valence-corrected chi connectivity index (χ0v) is 13.3. The summed E-state index contributed by atoms with van der Waals surface area (Å²) in [6.07, 6.45) is 1.75. The molecule has 0 unspecified atom stereocenters. The van der Waals surface area contributed by atoms with Crippen LogP contribution in [0.2, 0.25) is 6.04 Å². The third-order valence-corrected chi connectivity index (χ3v) is 3.86. The molecule has 19 heavy (non-hydrogen) atoms. The molecule has 0 heterocycles. The van der Waals surface area contributed by atoms with Crippen molar-refractivity contribution in [2.75, 3.05) is 13.2 Å². The zero-order chi connectivity index (χ0) is 13.9. The van der Waals surface area contributed by atoms with Gasteiger partial charge in [0.2, 0.25) is 0 Å². The van der Waals surface area contributed by atoms with E-state index in [2.05, 4.69) is 18.7 Å². The summed E-state index contributed by atoms with van der Waals surface area (Å²) < 4.78 is 16.8. The van der Waals surface area contributed by atoms with Crippen molar-refractivity contribution in [1.82, 2.24) is 0 Å². The molecule has 0 aliphatic carbocycles.